The fourth-order valence-corrected chi connectivity index (χ4v) is 4.99. The summed E-state index contributed by atoms with van der Waals surface area (Å²) in [6.45, 7) is 10.8. The second-order valence-corrected chi connectivity index (χ2v) is 7.13. The minimum absolute atomic E-state index is 0.103. The molecule has 0 radical (unpaired) electrons. The average molecular weight is 230 g/mol. The van der Waals surface area contributed by atoms with Crippen LogP contribution in [0.1, 0.15) is 47.5 Å². The Hall–Kier alpha value is -0.110. The highest BCUT2D eigenvalue weighted by Gasteiger charge is 2.78. The average Bonchev–Trinajstić information content (AvgIpc) is 2.40. The fourth-order valence-electron chi connectivity index (χ4n) is 4.52. The van der Waals surface area contributed by atoms with Gasteiger partial charge >= 0.3 is 0 Å². The monoisotopic (exact) mass is 229 g/mol. The van der Waals surface area contributed by atoms with E-state index in [1.54, 1.807) is 0 Å². The summed E-state index contributed by atoms with van der Waals surface area (Å²) in [7, 11) is 0. The summed E-state index contributed by atoms with van der Waals surface area (Å²) in [5.74, 6) is 0.491. The van der Waals surface area contributed by atoms with E-state index in [-0.39, 0.29) is 16.2 Å². The van der Waals surface area contributed by atoms with Crippen LogP contribution in [0.4, 0.5) is 0 Å². The Bertz CT molecular complexity index is 326. The Kier molecular flexibility index (Phi) is 1.96. The van der Waals surface area contributed by atoms with Crippen molar-refractivity contribution in [2.24, 2.45) is 27.3 Å². The Balaban J connectivity index is 2.66. The SMILES string of the molecule is CC1(C)[C@H]2CC[C@](C)(C2(C)C)[C@@]1(Cl)N=O. The van der Waals surface area contributed by atoms with Gasteiger partial charge in [0.25, 0.3) is 0 Å². The largest absolute Gasteiger partial charge is 0.186 e. The summed E-state index contributed by atoms with van der Waals surface area (Å²) in [4.78, 5) is 10.3. The van der Waals surface area contributed by atoms with Crippen molar-refractivity contribution >= 4 is 11.6 Å². The predicted octanol–water partition coefficient (Wildman–Crippen LogP) is 4.17. The van der Waals surface area contributed by atoms with Crippen molar-refractivity contribution in [3.63, 3.8) is 0 Å². The zero-order valence-electron chi connectivity index (χ0n) is 10.2. The van der Waals surface area contributed by atoms with Crippen LogP contribution in [0.15, 0.2) is 5.18 Å². The molecule has 2 saturated carbocycles. The summed E-state index contributed by atoms with van der Waals surface area (Å²) < 4.78 is 0. The Morgan fingerprint density at radius 1 is 1.13 bits per heavy atom. The molecule has 2 fully saturated rings. The quantitative estimate of drug-likeness (QED) is 0.377. The molecule has 0 heterocycles. The van der Waals surface area contributed by atoms with Crippen LogP contribution >= 0.6 is 11.6 Å². The van der Waals surface area contributed by atoms with E-state index in [4.69, 9.17) is 11.6 Å². The van der Waals surface area contributed by atoms with E-state index in [1.807, 2.05) is 0 Å². The second-order valence-electron chi connectivity index (χ2n) is 6.58. The zero-order valence-corrected chi connectivity index (χ0v) is 11.0. The van der Waals surface area contributed by atoms with E-state index < -0.39 is 5.00 Å². The van der Waals surface area contributed by atoms with E-state index in [0.29, 0.717) is 5.92 Å². The van der Waals surface area contributed by atoms with Crippen LogP contribution in [0, 0.1) is 27.1 Å². The molecule has 2 rings (SSSR count). The molecule has 3 atom stereocenters. The summed E-state index contributed by atoms with van der Waals surface area (Å²) in [5.41, 5.74) is -0.267. The third kappa shape index (κ3) is 0.856. The lowest BCUT2D eigenvalue weighted by Gasteiger charge is -2.45. The first-order chi connectivity index (χ1) is 6.65. The van der Waals surface area contributed by atoms with Crippen molar-refractivity contribution in [2.75, 3.05) is 0 Å². The van der Waals surface area contributed by atoms with Gasteiger partial charge in [-0.3, -0.25) is 0 Å². The van der Waals surface area contributed by atoms with Crippen molar-refractivity contribution in [1.82, 2.24) is 0 Å². The highest BCUT2D eigenvalue weighted by atomic mass is 35.5. The number of hydrogen-bond acceptors (Lipinski definition) is 2. The molecular formula is C12H20ClNO. The molecule has 0 spiro atoms. The number of halogens is 1. The van der Waals surface area contributed by atoms with Gasteiger partial charge in [-0.2, -0.15) is 0 Å². The number of nitroso groups, excluding NO2 is 1. The van der Waals surface area contributed by atoms with Gasteiger partial charge in [0, 0.05) is 10.8 Å². The molecule has 2 bridgehead atoms. The number of hydrogen-bond donors (Lipinski definition) is 0. The van der Waals surface area contributed by atoms with E-state index in [9.17, 15) is 4.91 Å². The first-order valence-corrected chi connectivity index (χ1v) is 6.06. The molecule has 0 aliphatic heterocycles. The summed E-state index contributed by atoms with van der Waals surface area (Å²) in [6, 6.07) is 0. The minimum atomic E-state index is -0.938. The molecule has 0 aromatic rings. The minimum Gasteiger partial charge on any atom is -0.149 e. The highest BCUT2D eigenvalue weighted by molar-refractivity contribution is 6.25. The molecule has 0 aromatic carbocycles. The van der Waals surface area contributed by atoms with Gasteiger partial charge in [-0.15, -0.1) is 4.91 Å². The van der Waals surface area contributed by atoms with E-state index in [0.717, 1.165) is 6.42 Å². The number of nitrogens with zero attached hydrogens (tertiary/aromatic N) is 1. The topological polar surface area (TPSA) is 29.4 Å². The van der Waals surface area contributed by atoms with E-state index >= 15 is 0 Å². The van der Waals surface area contributed by atoms with Crippen LogP contribution in [0.2, 0.25) is 0 Å². The maximum Gasteiger partial charge on any atom is 0.186 e. The van der Waals surface area contributed by atoms with Crippen molar-refractivity contribution in [3.05, 3.63) is 4.91 Å². The van der Waals surface area contributed by atoms with Gasteiger partial charge in [-0.1, -0.05) is 46.2 Å². The normalized spacial score (nSPS) is 50.7. The first kappa shape index (κ1) is 11.4. The summed E-state index contributed by atoms with van der Waals surface area (Å²) in [6.07, 6.45) is 2.18. The van der Waals surface area contributed by atoms with Crippen LogP contribution in [0.25, 0.3) is 0 Å². The smallest absolute Gasteiger partial charge is 0.149 e. The number of fused-ring (bicyclic) bond motifs is 2. The van der Waals surface area contributed by atoms with Gasteiger partial charge in [-0.05, 0) is 29.4 Å². The fraction of sp³-hybridized carbons (Fsp3) is 1.00. The third-order valence-electron chi connectivity index (χ3n) is 5.81. The van der Waals surface area contributed by atoms with Gasteiger partial charge in [0.05, 0.1) is 0 Å². The molecule has 2 aliphatic rings. The number of rotatable bonds is 1. The van der Waals surface area contributed by atoms with Crippen molar-refractivity contribution in [2.45, 2.75) is 52.5 Å². The first-order valence-electron chi connectivity index (χ1n) is 5.68. The lowest BCUT2D eigenvalue weighted by Crippen LogP contribution is -2.48. The van der Waals surface area contributed by atoms with Crippen LogP contribution in [0.3, 0.4) is 0 Å². The molecule has 3 heteroatoms. The number of alkyl halides is 1. The lowest BCUT2D eigenvalue weighted by molar-refractivity contribution is 0.0972. The highest BCUT2D eigenvalue weighted by Crippen LogP contribution is 2.78. The Labute approximate surface area is 96.7 Å². The second kappa shape index (κ2) is 2.58. The van der Waals surface area contributed by atoms with E-state index in [1.165, 1.54) is 6.42 Å². The molecule has 15 heavy (non-hydrogen) atoms. The Morgan fingerprint density at radius 3 is 1.93 bits per heavy atom. The third-order valence-corrected chi connectivity index (χ3v) is 6.78. The Morgan fingerprint density at radius 2 is 1.67 bits per heavy atom. The zero-order chi connectivity index (χ0) is 11.7. The molecule has 2 aliphatic carbocycles. The standard InChI is InChI=1S/C12H20ClNO/c1-9(2)8-6-7-11(9,5)12(13,14-15)10(8,3)4/h8H,6-7H2,1-5H3/t8-,11+,12-/m0/s1. The van der Waals surface area contributed by atoms with Gasteiger partial charge in [0.1, 0.15) is 0 Å². The summed E-state index contributed by atoms with van der Waals surface area (Å²) in [5, 5.41) is 3.34. The van der Waals surface area contributed by atoms with Crippen LogP contribution < -0.4 is 0 Å². The molecule has 0 unspecified atom stereocenters. The van der Waals surface area contributed by atoms with Gasteiger partial charge < -0.3 is 0 Å². The van der Waals surface area contributed by atoms with Crippen molar-refractivity contribution < 1.29 is 0 Å². The molecule has 0 saturated heterocycles. The van der Waals surface area contributed by atoms with Gasteiger partial charge in [0.15, 0.2) is 5.00 Å². The maximum atomic E-state index is 11.2. The van der Waals surface area contributed by atoms with Crippen molar-refractivity contribution in [1.29, 1.82) is 0 Å². The molecule has 0 amide bonds. The molecular weight excluding hydrogens is 210 g/mol. The van der Waals surface area contributed by atoms with Gasteiger partial charge in [-0.25, -0.2) is 0 Å². The molecule has 0 N–H and O–H groups in total. The van der Waals surface area contributed by atoms with Crippen LogP contribution in [-0.4, -0.2) is 5.00 Å². The van der Waals surface area contributed by atoms with E-state index in [2.05, 4.69) is 39.8 Å². The molecule has 86 valence electrons. The van der Waals surface area contributed by atoms with Crippen LogP contribution in [0.5, 0.6) is 0 Å². The molecule has 0 aromatic heterocycles. The van der Waals surface area contributed by atoms with Crippen molar-refractivity contribution in [3.8, 4) is 0 Å². The van der Waals surface area contributed by atoms with Gasteiger partial charge in [0.2, 0.25) is 0 Å². The predicted molar refractivity (Wildman–Crippen MR) is 62.8 cm³/mol. The molecule has 2 nitrogen and oxygen atoms in total. The maximum absolute atomic E-state index is 11.2. The lowest BCUT2D eigenvalue weighted by atomic mass is 9.67. The summed E-state index contributed by atoms with van der Waals surface area (Å²) >= 11 is 6.59. The van der Waals surface area contributed by atoms with Crippen LogP contribution in [-0.2, 0) is 0 Å².